The maximum Gasteiger partial charge on any atom is 0.166 e. The predicted molar refractivity (Wildman–Crippen MR) is 142 cm³/mol. The van der Waals surface area contributed by atoms with Gasteiger partial charge < -0.3 is 4.90 Å². The Balaban J connectivity index is 0.00000342. The van der Waals surface area contributed by atoms with Crippen LogP contribution in [0.3, 0.4) is 0 Å². The zero-order chi connectivity index (χ0) is 24.1. The van der Waals surface area contributed by atoms with Crippen molar-refractivity contribution in [1.29, 1.82) is 5.26 Å². The van der Waals surface area contributed by atoms with Gasteiger partial charge in [-0.25, -0.2) is 4.39 Å². The number of nitrogens with zero attached hydrogens (tertiary/aromatic N) is 2. The van der Waals surface area contributed by atoms with Gasteiger partial charge >= 0.3 is 0 Å². The molecule has 1 saturated heterocycles. The predicted octanol–water partition coefficient (Wildman–Crippen LogP) is 7.19. The van der Waals surface area contributed by atoms with Gasteiger partial charge in [0.05, 0.1) is 11.5 Å². The lowest BCUT2D eigenvalue weighted by Gasteiger charge is -2.35. The van der Waals surface area contributed by atoms with Crippen LogP contribution in [0.2, 0.25) is 0 Å². The number of piperidine rings is 1. The minimum absolute atomic E-state index is 0. The molecule has 0 N–H and O–H groups in total. The van der Waals surface area contributed by atoms with Crippen molar-refractivity contribution in [1.82, 2.24) is 4.90 Å². The van der Waals surface area contributed by atoms with E-state index in [1.807, 2.05) is 12.1 Å². The van der Waals surface area contributed by atoms with Crippen LogP contribution in [0, 0.1) is 29.0 Å². The van der Waals surface area contributed by atoms with Crippen molar-refractivity contribution in [3.05, 3.63) is 83.7 Å². The van der Waals surface area contributed by atoms with E-state index in [2.05, 4.69) is 55.1 Å². The fourth-order valence-electron chi connectivity index (χ4n) is 5.44. The van der Waals surface area contributed by atoms with E-state index < -0.39 is 5.41 Å². The molecule has 3 aromatic rings. The van der Waals surface area contributed by atoms with E-state index in [0.717, 1.165) is 50.9 Å². The molecule has 3 nitrogen and oxygen atoms in total. The number of fused-ring (bicyclic) bond motifs is 1. The third-order valence-electron chi connectivity index (χ3n) is 7.59. The number of hydrogen-bond donors (Lipinski definition) is 0. The summed E-state index contributed by atoms with van der Waals surface area (Å²) in [5, 5.41) is 12.7. The van der Waals surface area contributed by atoms with E-state index >= 15 is 0 Å². The number of carbonyl (C=O) groups is 1. The van der Waals surface area contributed by atoms with Crippen LogP contribution in [0.15, 0.2) is 66.7 Å². The standard InChI is InChI=1S/C30H33FN2O.ClH/c1-22(2)30(21-32,28-10-5-8-23-7-3-4-9-27(23)28)17-6-18-33-19-15-25(16-20-33)29(34)24-11-13-26(31)14-12-24;/h3-5,7-14,22,25H,6,15-20H2,1-2H3;1H. The molecular weight excluding hydrogens is 459 g/mol. The molecule has 4 rings (SSSR count). The van der Waals surface area contributed by atoms with Gasteiger partial charge in [-0.15, -0.1) is 12.4 Å². The summed E-state index contributed by atoms with van der Waals surface area (Å²) >= 11 is 0. The Morgan fingerprint density at radius 2 is 1.71 bits per heavy atom. The summed E-state index contributed by atoms with van der Waals surface area (Å²) < 4.78 is 13.2. The zero-order valence-corrected chi connectivity index (χ0v) is 21.4. The summed E-state index contributed by atoms with van der Waals surface area (Å²) in [6.07, 6.45) is 3.40. The summed E-state index contributed by atoms with van der Waals surface area (Å²) in [7, 11) is 0. The Morgan fingerprint density at radius 3 is 2.37 bits per heavy atom. The first kappa shape index (κ1) is 26.9. The monoisotopic (exact) mass is 492 g/mol. The largest absolute Gasteiger partial charge is 0.303 e. The van der Waals surface area contributed by atoms with Crippen molar-refractivity contribution >= 4 is 29.0 Å². The highest BCUT2D eigenvalue weighted by Crippen LogP contribution is 2.40. The van der Waals surface area contributed by atoms with Crippen LogP contribution in [0.25, 0.3) is 10.8 Å². The van der Waals surface area contributed by atoms with Crippen molar-refractivity contribution < 1.29 is 9.18 Å². The molecule has 35 heavy (non-hydrogen) atoms. The van der Waals surface area contributed by atoms with Crippen molar-refractivity contribution in [3.63, 3.8) is 0 Å². The molecule has 1 heterocycles. The summed E-state index contributed by atoms with van der Waals surface area (Å²) in [5.74, 6) is 0.0113. The van der Waals surface area contributed by atoms with Crippen LogP contribution in [0.5, 0.6) is 0 Å². The highest BCUT2D eigenvalue weighted by atomic mass is 35.5. The molecule has 184 valence electrons. The molecule has 1 aliphatic heterocycles. The van der Waals surface area contributed by atoms with E-state index in [-0.39, 0.29) is 35.8 Å². The highest BCUT2D eigenvalue weighted by molar-refractivity contribution is 5.97. The summed E-state index contributed by atoms with van der Waals surface area (Å²) in [6, 6.07) is 23.2. The highest BCUT2D eigenvalue weighted by Gasteiger charge is 2.37. The first-order valence-electron chi connectivity index (χ1n) is 12.4. The van der Waals surface area contributed by atoms with Gasteiger partial charge in [-0.05, 0) is 91.8 Å². The molecule has 0 aliphatic carbocycles. The number of likely N-dealkylation sites (tertiary alicyclic amines) is 1. The van der Waals surface area contributed by atoms with Crippen molar-refractivity contribution in [2.75, 3.05) is 19.6 Å². The van der Waals surface area contributed by atoms with Gasteiger partial charge in [-0.3, -0.25) is 4.79 Å². The molecule has 0 bridgehead atoms. The maximum absolute atomic E-state index is 13.2. The first-order valence-corrected chi connectivity index (χ1v) is 12.4. The van der Waals surface area contributed by atoms with E-state index in [1.165, 1.54) is 22.9 Å². The fraction of sp³-hybridized carbons (Fsp3) is 0.400. The number of rotatable bonds is 8. The number of nitriles is 1. The number of carbonyl (C=O) groups excluding carboxylic acids is 1. The molecule has 0 aromatic heterocycles. The molecule has 3 aromatic carbocycles. The molecule has 1 aliphatic rings. The summed E-state index contributed by atoms with van der Waals surface area (Å²) in [4.78, 5) is 15.2. The zero-order valence-electron chi connectivity index (χ0n) is 20.5. The Bertz CT molecular complexity index is 1170. The van der Waals surface area contributed by atoms with Crippen molar-refractivity contribution in [3.8, 4) is 6.07 Å². The molecule has 1 unspecified atom stereocenters. The normalized spacial score (nSPS) is 16.4. The second-order valence-electron chi connectivity index (χ2n) is 9.86. The van der Waals surface area contributed by atoms with Crippen LogP contribution in [0.1, 0.15) is 55.5 Å². The van der Waals surface area contributed by atoms with Gasteiger partial charge in [0.1, 0.15) is 5.82 Å². The molecule has 1 fully saturated rings. The average Bonchev–Trinajstić information content (AvgIpc) is 2.87. The van der Waals surface area contributed by atoms with Gasteiger partial charge in [0.2, 0.25) is 0 Å². The maximum atomic E-state index is 13.2. The first-order chi connectivity index (χ1) is 16.4. The van der Waals surface area contributed by atoms with Crippen LogP contribution in [-0.2, 0) is 5.41 Å². The van der Waals surface area contributed by atoms with Crippen LogP contribution in [0.4, 0.5) is 4.39 Å². The topological polar surface area (TPSA) is 44.1 Å². The Labute approximate surface area is 214 Å². The third kappa shape index (κ3) is 5.74. The Hall–Kier alpha value is -2.74. The number of ketones is 1. The Morgan fingerprint density at radius 1 is 1.06 bits per heavy atom. The lowest BCUT2D eigenvalue weighted by Crippen LogP contribution is -2.38. The summed E-state index contributed by atoms with van der Waals surface area (Å²) in [5.41, 5.74) is 1.20. The van der Waals surface area contributed by atoms with Gasteiger partial charge in [-0.2, -0.15) is 5.26 Å². The summed E-state index contributed by atoms with van der Waals surface area (Å²) in [6.45, 7) is 6.99. The van der Waals surface area contributed by atoms with Crippen molar-refractivity contribution in [2.24, 2.45) is 11.8 Å². The molecule has 0 amide bonds. The second kappa shape index (κ2) is 11.8. The third-order valence-corrected chi connectivity index (χ3v) is 7.59. The molecule has 0 saturated carbocycles. The van der Waals surface area contributed by atoms with E-state index in [0.29, 0.717) is 5.56 Å². The van der Waals surface area contributed by atoms with E-state index in [9.17, 15) is 14.4 Å². The van der Waals surface area contributed by atoms with Gasteiger partial charge in [0.25, 0.3) is 0 Å². The second-order valence-corrected chi connectivity index (χ2v) is 9.86. The fourth-order valence-corrected chi connectivity index (χ4v) is 5.44. The number of hydrogen-bond acceptors (Lipinski definition) is 3. The molecule has 1 atom stereocenters. The lowest BCUT2D eigenvalue weighted by atomic mass is 9.68. The SMILES string of the molecule is CC(C)C(C#N)(CCCN1CCC(C(=O)c2ccc(F)cc2)CC1)c1cccc2ccccc12.Cl. The van der Waals surface area contributed by atoms with Gasteiger partial charge in [-0.1, -0.05) is 56.3 Å². The van der Waals surface area contributed by atoms with Crippen LogP contribution < -0.4 is 0 Å². The van der Waals surface area contributed by atoms with Gasteiger partial charge in [0.15, 0.2) is 5.78 Å². The minimum atomic E-state index is -0.530. The smallest absolute Gasteiger partial charge is 0.166 e. The molecule has 5 heteroatoms. The lowest BCUT2D eigenvalue weighted by molar-refractivity contribution is 0.0837. The molecule has 0 spiro atoms. The van der Waals surface area contributed by atoms with Gasteiger partial charge in [0, 0.05) is 11.5 Å². The average molecular weight is 493 g/mol. The minimum Gasteiger partial charge on any atom is -0.303 e. The number of Topliss-reactive ketones (excluding diaryl/α,β-unsaturated/α-hetero) is 1. The van der Waals surface area contributed by atoms with Crippen molar-refractivity contribution in [2.45, 2.75) is 44.9 Å². The van der Waals surface area contributed by atoms with E-state index in [4.69, 9.17) is 0 Å². The van der Waals surface area contributed by atoms with Crippen LogP contribution in [-0.4, -0.2) is 30.3 Å². The van der Waals surface area contributed by atoms with E-state index in [1.54, 1.807) is 12.1 Å². The Kier molecular flexibility index (Phi) is 9.05. The quantitative estimate of drug-likeness (QED) is 0.312. The molecule has 0 radical (unpaired) electrons. The number of benzene rings is 3. The molecular formula is C30H34ClFN2O. The van der Waals surface area contributed by atoms with Crippen LogP contribution >= 0.6 is 12.4 Å². The number of halogens is 2.